The summed E-state index contributed by atoms with van der Waals surface area (Å²) in [7, 11) is 0. The van der Waals surface area contributed by atoms with Crippen molar-refractivity contribution in [2.24, 2.45) is 0 Å². The maximum Gasteiger partial charge on any atom is 0.410 e. The Labute approximate surface area is 226 Å². The number of fused-ring (bicyclic) bond motifs is 5. The number of carbonyl (C=O) groups is 2. The van der Waals surface area contributed by atoms with Crippen molar-refractivity contribution in [1.29, 1.82) is 0 Å². The van der Waals surface area contributed by atoms with Crippen molar-refractivity contribution in [2.45, 2.75) is 64.5 Å². The zero-order valence-corrected chi connectivity index (χ0v) is 22.4. The lowest BCUT2D eigenvalue weighted by molar-refractivity contribution is 0.0204. The number of benzene rings is 1. The standard InChI is InChI=1S/C28H33FN6O4/c1-28(2,3)39-27(37)34-12-9-18(10-13-34)19-15-20-23(16-21(19)29)38-14-5-4-11-35-17-30-33-25(35)22-7-6-8-24(31-22)32-26(20)36/h6-8,15-18H,4-5,9-14H2,1-3H3,(H,31,32,36). The Hall–Kier alpha value is -4.02. The summed E-state index contributed by atoms with van der Waals surface area (Å²) in [5.41, 5.74) is 0.694. The molecule has 10 nitrogen and oxygen atoms in total. The molecule has 0 spiro atoms. The summed E-state index contributed by atoms with van der Waals surface area (Å²) in [6.07, 6.45) is 3.87. The number of aromatic nitrogens is 4. The van der Waals surface area contributed by atoms with Gasteiger partial charge < -0.3 is 24.3 Å². The van der Waals surface area contributed by atoms with E-state index in [0.29, 0.717) is 68.4 Å². The van der Waals surface area contributed by atoms with E-state index in [0.717, 1.165) is 6.42 Å². The molecular weight excluding hydrogens is 503 g/mol. The smallest absolute Gasteiger partial charge is 0.410 e. The van der Waals surface area contributed by atoms with Crippen LogP contribution in [0.15, 0.2) is 36.7 Å². The number of hydrogen-bond donors (Lipinski definition) is 1. The Bertz CT molecular complexity index is 1360. The zero-order valence-electron chi connectivity index (χ0n) is 22.4. The van der Waals surface area contributed by atoms with E-state index in [-0.39, 0.29) is 23.3 Å². The molecule has 2 bridgehead atoms. The Morgan fingerprint density at radius 2 is 1.95 bits per heavy atom. The molecule has 1 N–H and O–H groups in total. The number of anilines is 1. The van der Waals surface area contributed by atoms with Crippen LogP contribution in [0, 0.1) is 5.82 Å². The average molecular weight is 537 g/mol. The van der Waals surface area contributed by atoms with Gasteiger partial charge in [-0.25, -0.2) is 14.2 Å². The minimum Gasteiger partial charge on any atom is -0.493 e. The van der Waals surface area contributed by atoms with Crippen LogP contribution in [-0.4, -0.2) is 61.9 Å². The van der Waals surface area contributed by atoms with E-state index in [4.69, 9.17) is 9.47 Å². The molecule has 11 heteroatoms. The van der Waals surface area contributed by atoms with Crippen LogP contribution < -0.4 is 10.1 Å². The number of pyridine rings is 1. The lowest BCUT2D eigenvalue weighted by Gasteiger charge is -2.34. The van der Waals surface area contributed by atoms with E-state index in [1.54, 1.807) is 29.4 Å². The molecule has 2 amide bonds. The Balaban J connectivity index is 1.39. The summed E-state index contributed by atoms with van der Waals surface area (Å²) in [6.45, 7) is 7.37. The summed E-state index contributed by atoms with van der Waals surface area (Å²) in [5.74, 6) is 0.132. The largest absolute Gasteiger partial charge is 0.493 e. The number of rotatable bonds is 1. The highest BCUT2D eigenvalue weighted by Crippen LogP contribution is 2.35. The fourth-order valence-corrected chi connectivity index (χ4v) is 4.88. The number of amides is 2. The first kappa shape index (κ1) is 26.6. The van der Waals surface area contributed by atoms with Crippen molar-refractivity contribution in [3.8, 4) is 17.3 Å². The second-order valence-electron chi connectivity index (χ2n) is 10.9. The van der Waals surface area contributed by atoms with Crippen LogP contribution in [0.1, 0.15) is 68.3 Å². The highest BCUT2D eigenvalue weighted by atomic mass is 19.1. The SMILES string of the molecule is CC(C)(C)OC(=O)N1CCC(c2cc3c(cc2F)OCCCCn2cnnc2-c2cccc(n2)NC3=O)CC1. The molecule has 0 saturated carbocycles. The Morgan fingerprint density at radius 3 is 2.72 bits per heavy atom. The van der Waals surface area contributed by atoms with Gasteiger partial charge in [0.05, 0.1) is 12.2 Å². The van der Waals surface area contributed by atoms with Gasteiger partial charge in [-0.3, -0.25) is 4.79 Å². The Morgan fingerprint density at radius 1 is 1.15 bits per heavy atom. The number of ether oxygens (including phenoxy) is 2. The van der Waals surface area contributed by atoms with E-state index in [9.17, 15) is 9.59 Å². The summed E-state index contributed by atoms with van der Waals surface area (Å²) >= 11 is 0. The van der Waals surface area contributed by atoms with Crippen LogP contribution in [0.2, 0.25) is 0 Å². The van der Waals surface area contributed by atoms with E-state index in [1.165, 1.54) is 6.07 Å². The maximum absolute atomic E-state index is 15.4. The van der Waals surface area contributed by atoms with Crippen molar-refractivity contribution < 1.29 is 23.5 Å². The number of carbonyl (C=O) groups excluding carboxylic acids is 2. The summed E-state index contributed by atoms with van der Waals surface area (Å²) < 4.78 is 28.7. The molecule has 2 aliphatic rings. The third kappa shape index (κ3) is 6.18. The van der Waals surface area contributed by atoms with E-state index < -0.39 is 17.3 Å². The zero-order chi connectivity index (χ0) is 27.6. The number of hydrogen-bond acceptors (Lipinski definition) is 7. The van der Waals surface area contributed by atoms with Gasteiger partial charge in [0.25, 0.3) is 5.91 Å². The van der Waals surface area contributed by atoms with Gasteiger partial charge in [-0.2, -0.15) is 0 Å². The topological polar surface area (TPSA) is 111 Å². The first-order valence-electron chi connectivity index (χ1n) is 13.3. The van der Waals surface area contributed by atoms with Crippen molar-refractivity contribution in [1.82, 2.24) is 24.6 Å². The summed E-state index contributed by atoms with van der Waals surface area (Å²) in [5, 5.41) is 11.0. The number of nitrogens with zero attached hydrogens (tertiary/aromatic N) is 5. The highest BCUT2D eigenvalue weighted by molar-refractivity contribution is 6.06. The molecule has 0 unspecified atom stereocenters. The monoisotopic (exact) mass is 536 g/mol. The molecule has 39 heavy (non-hydrogen) atoms. The van der Waals surface area contributed by atoms with Crippen LogP contribution in [0.25, 0.3) is 11.5 Å². The van der Waals surface area contributed by atoms with Gasteiger partial charge in [0.2, 0.25) is 0 Å². The van der Waals surface area contributed by atoms with Crippen LogP contribution >= 0.6 is 0 Å². The van der Waals surface area contributed by atoms with Crippen molar-refractivity contribution in [2.75, 3.05) is 25.0 Å². The lowest BCUT2D eigenvalue weighted by atomic mass is 9.88. The first-order valence-corrected chi connectivity index (χ1v) is 13.3. The molecule has 4 heterocycles. The minimum atomic E-state index is -0.581. The quantitative estimate of drug-likeness (QED) is 0.465. The normalized spacial score (nSPS) is 16.8. The maximum atomic E-state index is 15.4. The molecule has 1 saturated heterocycles. The van der Waals surface area contributed by atoms with Gasteiger partial charge in [0, 0.05) is 25.7 Å². The number of nitrogens with one attached hydrogen (secondary N) is 1. The van der Waals surface area contributed by atoms with Crippen molar-refractivity contribution in [3.63, 3.8) is 0 Å². The molecule has 0 atom stereocenters. The number of likely N-dealkylation sites (tertiary alicyclic amines) is 1. The van der Waals surface area contributed by atoms with Gasteiger partial charge in [0.15, 0.2) is 5.82 Å². The fourth-order valence-electron chi connectivity index (χ4n) is 4.88. The molecule has 1 fully saturated rings. The highest BCUT2D eigenvalue weighted by Gasteiger charge is 2.30. The van der Waals surface area contributed by atoms with Gasteiger partial charge in [-0.15, -0.1) is 10.2 Å². The Kier molecular flexibility index (Phi) is 7.49. The molecule has 2 aliphatic heterocycles. The molecule has 206 valence electrons. The first-order chi connectivity index (χ1) is 18.7. The second kappa shape index (κ2) is 11.0. The van der Waals surface area contributed by atoms with E-state index in [1.807, 2.05) is 31.4 Å². The number of aryl methyl sites for hydroxylation is 1. The van der Waals surface area contributed by atoms with E-state index >= 15 is 4.39 Å². The van der Waals surface area contributed by atoms with Gasteiger partial charge in [-0.1, -0.05) is 6.07 Å². The van der Waals surface area contributed by atoms with Crippen LogP contribution in [0.3, 0.4) is 0 Å². The molecular formula is C28H33FN6O4. The van der Waals surface area contributed by atoms with Crippen LogP contribution in [0.4, 0.5) is 15.0 Å². The third-order valence-electron chi connectivity index (χ3n) is 6.82. The predicted octanol–water partition coefficient (Wildman–Crippen LogP) is 5.02. The third-order valence-corrected chi connectivity index (χ3v) is 6.82. The van der Waals surface area contributed by atoms with Gasteiger partial charge >= 0.3 is 6.09 Å². The molecule has 2 aromatic heterocycles. The average Bonchev–Trinajstić information content (AvgIpc) is 3.36. The number of halogens is 1. The van der Waals surface area contributed by atoms with Crippen LogP contribution in [-0.2, 0) is 11.3 Å². The van der Waals surface area contributed by atoms with Gasteiger partial charge in [0.1, 0.15) is 35.0 Å². The second-order valence-corrected chi connectivity index (χ2v) is 10.9. The van der Waals surface area contributed by atoms with Gasteiger partial charge in [-0.05, 0) is 76.1 Å². The summed E-state index contributed by atoms with van der Waals surface area (Å²) in [6, 6.07) is 8.18. The molecule has 0 aliphatic carbocycles. The minimum absolute atomic E-state index is 0.150. The van der Waals surface area contributed by atoms with E-state index in [2.05, 4.69) is 20.5 Å². The summed E-state index contributed by atoms with van der Waals surface area (Å²) in [4.78, 5) is 32.1. The molecule has 3 aromatic rings. The molecule has 0 radical (unpaired) electrons. The molecule has 5 rings (SSSR count). The molecule has 1 aromatic carbocycles. The predicted molar refractivity (Wildman–Crippen MR) is 142 cm³/mol. The fraction of sp³-hybridized carbons (Fsp3) is 0.464. The lowest BCUT2D eigenvalue weighted by Crippen LogP contribution is -2.41. The van der Waals surface area contributed by atoms with Crippen molar-refractivity contribution >= 4 is 17.8 Å². The van der Waals surface area contributed by atoms with Crippen molar-refractivity contribution in [3.05, 3.63) is 53.6 Å². The van der Waals surface area contributed by atoms with Crippen LogP contribution in [0.5, 0.6) is 5.75 Å². The number of piperidine rings is 1.